The molecule has 0 aliphatic rings. The van der Waals surface area contributed by atoms with Gasteiger partial charge in [0.2, 0.25) is 5.91 Å². The molecular weight excluding hydrogens is 270 g/mol. The Hall–Kier alpha value is -1.29. The van der Waals surface area contributed by atoms with Gasteiger partial charge in [0, 0.05) is 23.4 Å². The molecular formula is C16H23NO2S. The van der Waals surface area contributed by atoms with E-state index in [1.807, 2.05) is 45.0 Å². The average Bonchev–Trinajstić information content (AvgIpc) is 2.42. The maximum absolute atomic E-state index is 11.9. The third kappa shape index (κ3) is 6.24. The molecule has 1 N–H and O–H groups in total. The Morgan fingerprint density at radius 1 is 1.20 bits per heavy atom. The van der Waals surface area contributed by atoms with Crippen molar-refractivity contribution < 1.29 is 9.59 Å². The summed E-state index contributed by atoms with van der Waals surface area (Å²) in [5, 5.41) is 2.84. The lowest BCUT2D eigenvalue weighted by molar-refractivity contribution is -0.118. The number of hydrogen-bond donors (Lipinski definition) is 1. The molecule has 110 valence electrons. The highest BCUT2D eigenvalue weighted by atomic mass is 32.2. The molecule has 0 fully saturated rings. The van der Waals surface area contributed by atoms with E-state index in [1.165, 1.54) is 11.8 Å². The lowest BCUT2D eigenvalue weighted by atomic mass is 10.0. The number of rotatable bonds is 8. The number of ketones is 1. The second-order valence-electron chi connectivity index (χ2n) is 5.18. The van der Waals surface area contributed by atoms with Crippen molar-refractivity contribution in [3.05, 3.63) is 29.8 Å². The fourth-order valence-electron chi connectivity index (χ4n) is 1.69. The van der Waals surface area contributed by atoms with E-state index in [1.54, 1.807) is 0 Å². The van der Waals surface area contributed by atoms with Crippen molar-refractivity contribution in [3.63, 3.8) is 0 Å². The molecule has 0 aliphatic heterocycles. The van der Waals surface area contributed by atoms with Crippen LogP contribution in [-0.2, 0) is 4.79 Å². The largest absolute Gasteiger partial charge is 0.355 e. The van der Waals surface area contributed by atoms with Crippen molar-refractivity contribution in [1.82, 2.24) is 5.32 Å². The Morgan fingerprint density at radius 3 is 2.40 bits per heavy atom. The maximum Gasteiger partial charge on any atom is 0.230 e. The minimum absolute atomic E-state index is 0.0526. The number of nitrogens with one attached hydrogen (secondary N) is 1. The van der Waals surface area contributed by atoms with Crippen LogP contribution < -0.4 is 5.32 Å². The number of Topliss-reactive ketones (excluding diaryl/α,β-unsaturated/α-hetero) is 1. The van der Waals surface area contributed by atoms with Crippen LogP contribution in [0, 0.1) is 5.92 Å². The highest BCUT2D eigenvalue weighted by Crippen LogP contribution is 2.19. The van der Waals surface area contributed by atoms with Gasteiger partial charge in [0.05, 0.1) is 5.75 Å². The highest BCUT2D eigenvalue weighted by molar-refractivity contribution is 8.00. The van der Waals surface area contributed by atoms with Gasteiger partial charge in [0.1, 0.15) is 0 Å². The van der Waals surface area contributed by atoms with E-state index in [9.17, 15) is 9.59 Å². The summed E-state index contributed by atoms with van der Waals surface area (Å²) in [6, 6.07) is 7.50. The van der Waals surface area contributed by atoms with Crippen LogP contribution in [-0.4, -0.2) is 24.0 Å². The molecule has 0 saturated carbocycles. The molecule has 4 heteroatoms. The summed E-state index contributed by atoms with van der Waals surface area (Å²) >= 11 is 1.49. The SMILES string of the molecule is CCCNC(=O)CSc1ccc(C(=O)CC(C)C)cc1. The van der Waals surface area contributed by atoms with Crippen molar-refractivity contribution in [2.24, 2.45) is 5.92 Å². The first kappa shape index (κ1) is 16.8. The monoisotopic (exact) mass is 293 g/mol. The van der Waals surface area contributed by atoms with Crippen molar-refractivity contribution in [3.8, 4) is 0 Å². The number of thioether (sulfide) groups is 1. The van der Waals surface area contributed by atoms with Gasteiger partial charge < -0.3 is 5.32 Å². The molecule has 1 aromatic carbocycles. The van der Waals surface area contributed by atoms with Crippen LogP contribution in [0.15, 0.2) is 29.2 Å². The summed E-state index contributed by atoms with van der Waals surface area (Å²) in [6.45, 7) is 6.83. The lowest BCUT2D eigenvalue weighted by Gasteiger charge is -2.06. The van der Waals surface area contributed by atoms with E-state index in [-0.39, 0.29) is 11.7 Å². The molecule has 0 heterocycles. The van der Waals surface area contributed by atoms with E-state index in [0.717, 1.165) is 23.4 Å². The zero-order valence-corrected chi connectivity index (χ0v) is 13.3. The molecule has 0 aromatic heterocycles. The molecule has 0 spiro atoms. The van der Waals surface area contributed by atoms with Crippen molar-refractivity contribution >= 4 is 23.5 Å². The summed E-state index contributed by atoms with van der Waals surface area (Å²) in [5.74, 6) is 1.02. The zero-order chi connectivity index (χ0) is 15.0. The van der Waals surface area contributed by atoms with E-state index in [2.05, 4.69) is 5.32 Å². The summed E-state index contributed by atoms with van der Waals surface area (Å²) in [4.78, 5) is 24.4. The predicted octanol–water partition coefficient (Wildman–Crippen LogP) is 3.53. The molecule has 1 aromatic rings. The van der Waals surface area contributed by atoms with Crippen LogP contribution >= 0.6 is 11.8 Å². The first-order valence-electron chi connectivity index (χ1n) is 7.05. The summed E-state index contributed by atoms with van der Waals surface area (Å²) in [7, 11) is 0. The second-order valence-corrected chi connectivity index (χ2v) is 6.23. The average molecular weight is 293 g/mol. The summed E-state index contributed by atoms with van der Waals surface area (Å²) < 4.78 is 0. The molecule has 20 heavy (non-hydrogen) atoms. The third-order valence-corrected chi connectivity index (χ3v) is 3.72. The van der Waals surface area contributed by atoms with Crippen LogP contribution in [0.2, 0.25) is 0 Å². The molecule has 1 amide bonds. The molecule has 3 nitrogen and oxygen atoms in total. The molecule has 0 aliphatic carbocycles. The smallest absolute Gasteiger partial charge is 0.230 e. The van der Waals surface area contributed by atoms with Gasteiger partial charge in [-0.2, -0.15) is 0 Å². The van der Waals surface area contributed by atoms with Crippen LogP contribution in [0.3, 0.4) is 0 Å². The number of amides is 1. The predicted molar refractivity (Wildman–Crippen MR) is 84.3 cm³/mol. The van der Waals surface area contributed by atoms with Crippen molar-refractivity contribution in [1.29, 1.82) is 0 Å². The Bertz CT molecular complexity index is 440. The number of benzene rings is 1. The minimum atomic E-state index is 0.0526. The Balaban J connectivity index is 2.46. The van der Waals surface area contributed by atoms with Crippen molar-refractivity contribution in [2.75, 3.05) is 12.3 Å². The van der Waals surface area contributed by atoms with Gasteiger partial charge in [0.25, 0.3) is 0 Å². The maximum atomic E-state index is 11.9. The van der Waals surface area contributed by atoms with E-state index in [0.29, 0.717) is 18.1 Å². The van der Waals surface area contributed by atoms with Crippen LogP contribution in [0.1, 0.15) is 44.0 Å². The Morgan fingerprint density at radius 2 is 1.85 bits per heavy atom. The van der Waals surface area contributed by atoms with E-state index >= 15 is 0 Å². The van der Waals surface area contributed by atoms with Gasteiger partial charge in [-0.15, -0.1) is 11.8 Å². The molecule has 1 rings (SSSR count). The number of carbonyl (C=O) groups excluding carboxylic acids is 2. The number of carbonyl (C=O) groups is 2. The molecule has 0 radical (unpaired) electrons. The molecule has 0 bridgehead atoms. The van der Waals surface area contributed by atoms with Crippen molar-refractivity contribution in [2.45, 2.75) is 38.5 Å². The molecule has 0 saturated heterocycles. The van der Waals surface area contributed by atoms with Gasteiger partial charge in [-0.3, -0.25) is 9.59 Å². The van der Waals surface area contributed by atoms with Crippen LogP contribution in [0.5, 0.6) is 0 Å². The number of hydrogen-bond acceptors (Lipinski definition) is 3. The van der Waals surface area contributed by atoms with E-state index in [4.69, 9.17) is 0 Å². The fourth-order valence-corrected chi connectivity index (χ4v) is 2.42. The van der Waals surface area contributed by atoms with Crippen LogP contribution in [0.4, 0.5) is 0 Å². The first-order valence-corrected chi connectivity index (χ1v) is 8.04. The molecule has 0 unspecified atom stereocenters. The standard InChI is InChI=1S/C16H23NO2S/c1-4-9-17-16(19)11-20-14-7-5-13(6-8-14)15(18)10-12(2)3/h5-8,12H,4,9-11H2,1-3H3,(H,17,19). The normalized spacial score (nSPS) is 10.6. The quantitative estimate of drug-likeness (QED) is 0.589. The zero-order valence-electron chi connectivity index (χ0n) is 12.4. The summed E-state index contributed by atoms with van der Waals surface area (Å²) in [5.41, 5.74) is 0.749. The fraction of sp³-hybridized carbons (Fsp3) is 0.500. The summed E-state index contributed by atoms with van der Waals surface area (Å²) in [6.07, 6.45) is 1.52. The molecule has 0 atom stereocenters. The van der Waals surface area contributed by atoms with Gasteiger partial charge in [-0.1, -0.05) is 32.9 Å². The minimum Gasteiger partial charge on any atom is -0.355 e. The highest BCUT2D eigenvalue weighted by Gasteiger charge is 2.08. The third-order valence-electron chi connectivity index (χ3n) is 2.71. The van der Waals surface area contributed by atoms with Crippen LogP contribution in [0.25, 0.3) is 0 Å². The Kier molecular flexibility index (Phi) is 7.37. The second kappa shape index (κ2) is 8.80. The van der Waals surface area contributed by atoms with Gasteiger partial charge in [0.15, 0.2) is 5.78 Å². The lowest BCUT2D eigenvalue weighted by Crippen LogP contribution is -2.25. The topological polar surface area (TPSA) is 46.2 Å². The van der Waals surface area contributed by atoms with Gasteiger partial charge in [-0.25, -0.2) is 0 Å². The first-order chi connectivity index (χ1) is 9.52. The van der Waals surface area contributed by atoms with Gasteiger partial charge in [-0.05, 0) is 24.5 Å². The Labute approximate surface area is 125 Å². The van der Waals surface area contributed by atoms with E-state index < -0.39 is 0 Å². The van der Waals surface area contributed by atoms with Gasteiger partial charge >= 0.3 is 0 Å².